The molecule has 0 aliphatic heterocycles. The first-order valence-electron chi connectivity index (χ1n) is 22.8. The number of unbranched alkanes of at least 4 members (excludes halogenated alkanes) is 1. The van der Waals surface area contributed by atoms with Crippen LogP contribution >= 0.6 is 0 Å². The number of nitrogens with zero attached hydrogens (tertiary/aromatic N) is 1. The summed E-state index contributed by atoms with van der Waals surface area (Å²) in [6, 6.07) is 34.7. The Morgan fingerprint density at radius 3 is 1.88 bits per heavy atom. The lowest BCUT2D eigenvalue weighted by molar-refractivity contribution is -0.131. The number of nitrogens with two attached hydrogens (primary N) is 1. The molecule has 5 amide bonds. The number of H-pyrrole nitrogens is 1. The molecule has 0 saturated heterocycles. The van der Waals surface area contributed by atoms with Gasteiger partial charge in [0.1, 0.15) is 6.04 Å². The van der Waals surface area contributed by atoms with Crippen LogP contribution in [-0.4, -0.2) is 83.7 Å². The van der Waals surface area contributed by atoms with Crippen molar-refractivity contribution in [3.05, 3.63) is 144 Å². The van der Waals surface area contributed by atoms with Gasteiger partial charge >= 0.3 is 0 Å². The molecule has 0 unspecified atom stereocenters. The Morgan fingerprint density at radius 2 is 1.22 bits per heavy atom. The van der Waals surface area contributed by atoms with Gasteiger partial charge in [-0.3, -0.25) is 24.0 Å². The number of fused-ring (bicyclic) bond motifs is 1. The monoisotopic (exact) mass is 870 g/mol. The van der Waals surface area contributed by atoms with Gasteiger partial charge in [0.05, 0.1) is 0 Å². The first kappa shape index (κ1) is 48.8. The van der Waals surface area contributed by atoms with E-state index in [1.54, 1.807) is 11.9 Å². The molecule has 1 heterocycles. The molecule has 5 aromatic rings. The Balaban J connectivity index is 1.28. The van der Waals surface area contributed by atoms with E-state index < -0.39 is 30.1 Å². The minimum absolute atomic E-state index is 0.0144. The predicted octanol–water partition coefficient (Wildman–Crippen LogP) is 6.18. The highest BCUT2D eigenvalue weighted by Crippen LogP contribution is 2.20. The second-order valence-corrected chi connectivity index (χ2v) is 17.2. The van der Waals surface area contributed by atoms with Crippen molar-refractivity contribution in [1.29, 1.82) is 0 Å². The summed E-state index contributed by atoms with van der Waals surface area (Å²) >= 11 is 0. The van der Waals surface area contributed by atoms with Crippen LogP contribution in [0, 0.1) is 5.92 Å². The number of likely N-dealkylation sites (N-methyl/N-ethyl adjacent to an activating group) is 1. The number of hydrogen-bond acceptors (Lipinski definition) is 6. The number of aromatic nitrogens is 1. The summed E-state index contributed by atoms with van der Waals surface area (Å²) in [5.41, 5.74) is 10.8. The maximum atomic E-state index is 14.4. The van der Waals surface area contributed by atoms with Crippen LogP contribution < -0.4 is 27.0 Å². The van der Waals surface area contributed by atoms with E-state index in [9.17, 15) is 24.0 Å². The Morgan fingerprint density at radius 1 is 0.625 bits per heavy atom. The highest BCUT2D eigenvalue weighted by molar-refractivity contribution is 5.90. The second kappa shape index (κ2) is 25.7. The van der Waals surface area contributed by atoms with Crippen molar-refractivity contribution < 1.29 is 24.0 Å². The number of carbonyl (C=O) groups excluding carboxylic acids is 5. The van der Waals surface area contributed by atoms with Crippen molar-refractivity contribution in [3.8, 4) is 0 Å². The van der Waals surface area contributed by atoms with Crippen molar-refractivity contribution in [2.45, 2.75) is 109 Å². The van der Waals surface area contributed by atoms with Gasteiger partial charge in [0, 0.05) is 80.9 Å². The summed E-state index contributed by atoms with van der Waals surface area (Å²) in [6.07, 6.45) is 5.98. The first-order chi connectivity index (χ1) is 31.0. The predicted molar refractivity (Wildman–Crippen MR) is 254 cm³/mol. The highest BCUT2D eigenvalue weighted by atomic mass is 16.2. The van der Waals surface area contributed by atoms with Crippen LogP contribution in [0.3, 0.4) is 0 Å². The van der Waals surface area contributed by atoms with Crippen molar-refractivity contribution in [1.82, 2.24) is 31.2 Å². The Kier molecular flexibility index (Phi) is 19.6. The van der Waals surface area contributed by atoms with E-state index in [1.165, 1.54) is 0 Å². The van der Waals surface area contributed by atoms with Gasteiger partial charge < -0.3 is 36.9 Å². The molecular formula is C52H67N7O5. The van der Waals surface area contributed by atoms with Gasteiger partial charge in [0.2, 0.25) is 29.5 Å². The molecule has 4 aromatic carbocycles. The Hall–Kier alpha value is -6.27. The van der Waals surface area contributed by atoms with E-state index >= 15 is 0 Å². The summed E-state index contributed by atoms with van der Waals surface area (Å²) in [6.45, 7) is 4.97. The molecule has 0 radical (unpaired) electrons. The maximum Gasteiger partial charge on any atom is 0.243 e. The molecule has 64 heavy (non-hydrogen) atoms. The molecule has 0 spiro atoms. The van der Waals surface area contributed by atoms with Crippen LogP contribution in [0.25, 0.3) is 10.9 Å². The lowest BCUT2D eigenvalue weighted by atomic mass is 9.98. The number of para-hydroxylation sites is 1. The number of nitrogens with one attached hydrogen (secondary N) is 5. The fraction of sp³-hybridized carbons (Fsp3) is 0.404. The third-order valence-electron chi connectivity index (χ3n) is 11.7. The largest absolute Gasteiger partial charge is 0.361 e. The van der Waals surface area contributed by atoms with Crippen molar-refractivity contribution >= 4 is 40.4 Å². The summed E-state index contributed by atoms with van der Waals surface area (Å²) in [7, 11) is 1.78. The number of amides is 5. The summed E-state index contributed by atoms with van der Waals surface area (Å²) in [5, 5.41) is 13.2. The maximum absolute atomic E-state index is 14.4. The van der Waals surface area contributed by atoms with Crippen molar-refractivity contribution in [2.75, 3.05) is 20.1 Å². The number of hydrogen-bond donors (Lipinski definition) is 6. The van der Waals surface area contributed by atoms with Gasteiger partial charge in [-0.15, -0.1) is 0 Å². The molecule has 7 N–H and O–H groups in total. The standard InChI is InChI=1S/C52H67N7O5/c1-37(2)46(35-51(63)59(3)30-28-39-19-9-5-10-20-39)57-49(61)33-42(23-15-16-29-53)56-52(64)47(32-41-36-54-45-25-14-13-24-44(41)45)58-50(62)34-43(31-40-21-11-6-12-22-40)55-48(60)27-26-38-17-7-4-8-18-38/h4-14,17-22,24-25,36-37,42-43,46-47,54H,15-16,23,26-35,53H2,1-3H3,(H,55,60)(H,56,64)(H,57,61)(H,58,62)/t42-,43-,46+,47+/m0/s1. The van der Waals surface area contributed by atoms with Crippen molar-refractivity contribution in [2.24, 2.45) is 11.7 Å². The van der Waals surface area contributed by atoms with E-state index in [4.69, 9.17) is 5.73 Å². The van der Waals surface area contributed by atoms with Crippen LogP contribution in [0.15, 0.2) is 121 Å². The molecule has 1 aromatic heterocycles. The Labute approximate surface area is 378 Å². The fourth-order valence-electron chi connectivity index (χ4n) is 7.90. The zero-order chi connectivity index (χ0) is 45.7. The normalized spacial score (nSPS) is 13.1. The number of aryl methyl sites for hydroxylation is 1. The molecule has 0 aliphatic carbocycles. The van der Waals surface area contributed by atoms with E-state index in [-0.39, 0.29) is 61.7 Å². The second-order valence-electron chi connectivity index (χ2n) is 17.2. The number of rotatable bonds is 26. The average Bonchev–Trinajstić information content (AvgIpc) is 3.70. The van der Waals surface area contributed by atoms with Crippen LogP contribution in [0.2, 0.25) is 0 Å². The summed E-state index contributed by atoms with van der Waals surface area (Å²) < 4.78 is 0. The summed E-state index contributed by atoms with van der Waals surface area (Å²) in [4.78, 5) is 73.8. The molecule has 340 valence electrons. The zero-order valence-electron chi connectivity index (χ0n) is 37.7. The van der Waals surface area contributed by atoms with Crippen LogP contribution in [0.5, 0.6) is 0 Å². The number of carbonyl (C=O) groups is 5. The molecule has 0 fully saturated rings. The van der Waals surface area contributed by atoms with E-state index in [1.807, 2.05) is 135 Å². The molecule has 0 bridgehead atoms. The lowest BCUT2D eigenvalue weighted by Crippen LogP contribution is -2.53. The van der Waals surface area contributed by atoms with Gasteiger partial charge in [0.15, 0.2) is 0 Å². The molecular weight excluding hydrogens is 803 g/mol. The Bertz CT molecular complexity index is 2210. The van der Waals surface area contributed by atoms with Crippen LogP contribution in [0.4, 0.5) is 0 Å². The van der Waals surface area contributed by atoms with E-state index in [2.05, 4.69) is 26.3 Å². The third-order valence-corrected chi connectivity index (χ3v) is 11.7. The van der Waals surface area contributed by atoms with E-state index in [0.717, 1.165) is 39.6 Å². The zero-order valence-corrected chi connectivity index (χ0v) is 37.7. The SMILES string of the molecule is CC(C)[C@@H](CC(=O)N(C)CCc1ccccc1)NC(=O)C[C@H](CCCCN)NC(=O)[C@@H](Cc1c[nH]c2ccccc12)NC(=O)C[C@H](Cc1ccccc1)NC(=O)CCc1ccccc1. The number of aromatic amines is 1. The van der Waals surface area contributed by atoms with Crippen molar-refractivity contribution in [3.63, 3.8) is 0 Å². The lowest BCUT2D eigenvalue weighted by Gasteiger charge is -2.27. The highest BCUT2D eigenvalue weighted by Gasteiger charge is 2.29. The minimum Gasteiger partial charge on any atom is -0.361 e. The van der Waals surface area contributed by atoms with Gasteiger partial charge in [-0.1, -0.05) is 129 Å². The van der Waals surface area contributed by atoms with Gasteiger partial charge in [0.25, 0.3) is 0 Å². The number of benzene rings is 4. The quantitative estimate of drug-likeness (QED) is 0.0362. The molecule has 12 heteroatoms. The van der Waals surface area contributed by atoms with Crippen LogP contribution in [0.1, 0.15) is 81.0 Å². The molecule has 5 rings (SSSR count). The summed E-state index contributed by atoms with van der Waals surface area (Å²) in [5.74, 6) is -1.33. The van der Waals surface area contributed by atoms with Gasteiger partial charge in [-0.25, -0.2) is 0 Å². The molecule has 0 saturated carbocycles. The van der Waals surface area contributed by atoms with Crippen LogP contribution in [-0.2, 0) is 49.7 Å². The molecule has 12 nitrogen and oxygen atoms in total. The topological polar surface area (TPSA) is 179 Å². The average molecular weight is 870 g/mol. The van der Waals surface area contributed by atoms with Gasteiger partial charge in [-0.2, -0.15) is 0 Å². The first-order valence-corrected chi connectivity index (χ1v) is 22.8. The van der Waals surface area contributed by atoms with E-state index in [0.29, 0.717) is 45.2 Å². The van der Waals surface area contributed by atoms with Gasteiger partial charge in [-0.05, 0) is 72.9 Å². The fourth-order valence-corrected chi connectivity index (χ4v) is 7.90. The minimum atomic E-state index is -0.995. The third kappa shape index (κ3) is 16.5. The smallest absolute Gasteiger partial charge is 0.243 e. The molecule has 4 atom stereocenters. The molecule has 0 aliphatic rings.